The van der Waals surface area contributed by atoms with Crippen LogP contribution in [0.2, 0.25) is 0 Å². The van der Waals surface area contributed by atoms with Gasteiger partial charge in [0.15, 0.2) is 0 Å². The second-order valence-corrected chi connectivity index (χ2v) is 8.48. The third-order valence-electron chi connectivity index (χ3n) is 6.24. The predicted octanol–water partition coefficient (Wildman–Crippen LogP) is 5.99. The predicted molar refractivity (Wildman–Crippen MR) is 128 cm³/mol. The smallest absolute Gasteiger partial charge is 0.143 e. The van der Waals surface area contributed by atoms with E-state index >= 15 is 0 Å². The summed E-state index contributed by atoms with van der Waals surface area (Å²) in [6, 6.07) is 23.6. The van der Waals surface area contributed by atoms with E-state index in [1.807, 2.05) is 24.4 Å². The maximum absolute atomic E-state index is 13.7. The third kappa shape index (κ3) is 4.21. The lowest BCUT2D eigenvalue weighted by molar-refractivity contribution is 0.194. The van der Waals surface area contributed by atoms with E-state index in [0.717, 1.165) is 48.4 Å². The molecule has 2 heterocycles. The van der Waals surface area contributed by atoms with E-state index < -0.39 is 0 Å². The zero-order chi connectivity index (χ0) is 21.9. The van der Waals surface area contributed by atoms with Gasteiger partial charge in [0.2, 0.25) is 0 Å². The molecule has 0 bridgehead atoms. The second-order valence-electron chi connectivity index (χ2n) is 8.48. The number of aromatic amines is 1. The highest BCUT2D eigenvalue weighted by molar-refractivity contribution is 5.83. The van der Waals surface area contributed by atoms with Gasteiger partial charge in [-0.1, -0.05) is 37.3 Å². The molecule has 0 fully saturated rings. The zero-order valence-electron chi connectivity index (χ0n) is 18.2. The summed E-state index contributed by atoms with van der Waals surface area (Å²) in [7, 11) is 0. The quantitative estimate of drug-likeness (QED) is 0.355. The minimum Gasteiger partial charge on any atom is -0.485 e. The first-order valence-corrected chi connectivity index (χ1v) is 11.2. The van der Waals surface area contributed by atoms with E-state index in [1.165, 1.54) is 17.3 Å². The molecule has 0 saturated heterocycles. The molecule has 0 radical (unpaired) electrons. The van der Waals surface area contributed by atoms with Crippen molar-refractivity contribution in [3.63, 3.8) is 0 Å². The number of nitrogens with zero attached hydrogens (tertiary/aromatic N) is 1. The molecule has 32 heavy (non-hydrogen) atoms. The van der Waals surface area contributed by atoms with Gasteiger partial charge in [0, 0.05) is 29.3 Å². The van der Waals surface area contributed by atoms with Crippen LogP contribution >= 0.6 is 0 Å². The largest absolute Gasteiger partial charge is 0.485 e. The zero-order valence-corrected chi connectivity index (χ0v) is 18.2. The number of halogens is 1. The summed E-state index contributed by atoms with van der Waals surface area (Å²) in [6.45, 7) is 4.63. The minimum atomic E-state index is -0.193. The summed E-state index contributed by atoms with van der Waals surface area (Å²) in [6.07, 6.45) is 3.03. The van der Waals surface area contributed by atoms with E-state index in [4.69, 9.17) is 4.74 Å². The summed E-state index contributed by atoms with van der Waals surface area (Å²) < 4.78 is 20.0. The summed E-state index contributed by atoms with van der Waals surface area (Å²) in [5, 5.41) is 4.55. The third-order valence-corrected chi connectivity index (χ3v) is 6.24. The number of fused-ring (bicyclic) bond motifs is 2. The summed E-state index contributed by atoms with van der Waals surface area (Å²) in [4.78, 5) is 5.58. The fourth-order valence-electron chi connectivity index (χ4n) is 4.52. The molecule has 0 aliphatic carbocycles. The molecule has 3 aromatic carbocycles. The Morgan fingerprint density at radius 1 is 1.09 bits per heavy atom. The first-order valence-electron chi connectivity index (χ1n) is 11.2. The molecule has 2 atom stereocenters. The van der Waals surface area contributed by atoms with Crippen molar-refractivity contribution in [2.24, 2.45) is 0 Å². The van der Waals surface area contributed by atoms with E-state index in [9.17, 15) is 4.39 Å². The van der Waals surface area contributed by atoms with E-state index in [0.29, 0.717) is 5.92 Å². The lowest BCUT2D eigenvalue weighted by Crippen LogP contribution is -2.43. The molecule has 164 valence electrons. The van der Waals surface area contributed by atoms with Crippen LogP contribution in [0, 0.1) is 5.82 Å². The fourth-order valence-corrected chi connectivity index (χ4v) is 4.52. The molecular formula is C27H28FN3O. The van der Waals surface area contributed by atoms with Crippen molar-refractivity contribution in [1.82, 2.24) is 10.3 Å². The van der Waals surface area contributed by atoms with Crippen molar-refractivity contribution in [3.05, 3.63) is 90.4 Å². The molecule has 5 heteroatoms. The molecule has 0 saturated carbocycles. The molecule has 4 aromatic rings. The Kier molecular flexibility index (Phi) is 5.82. The number of hydrogen-bond acceptors (Lipinski definition) is 3. The monoisotopic (exact) mass is 429 g/mol. The average molecular weight is 430 g/mol. The maximum Gasteiger partial charge on any atom is 0.143 e. The number of benzene rings is 3. The van der Waals surface area contributed by atoms with Gasteiger partial charge in [-0.15, -0.1) is 0 Å². The van der Waals surface area contributed by atoms with Crippen LogP contribution in [0.4, 0.5) is 15.8 Å². The average Bonchev–Trinajstić information content (AvgIpc) is 3.25. The number of ether oxygens (including phenoxy) is 1. The lowest BCUT2D eigenvalue weighted by atomic mass is 9.97. The fraction of sp³-hybridized carbons (Fsp3) is 0.259. The van der Waals surface area contributed by atoms with E-state index in [2.05, 4.69) is 58.5 Å². The molecule has 1 aromatic heterocycles. The highest BCUT2D eigenvalue weighted by Crippen LogP contribution is 2.37. The van der Waals surface area contributed by atoms with Crippen molar-refractivity contribution in [1.29, 1.82) is 0 Å². The number of hydrogen-bond donors (Lipinski definition) is 2. The number of H-pyrrole nitrogens is 1. The first-order chi connectivity index (χ1) is 15.7. The van der Waals surface area contributed by atoms with Crippen molar-refractivity contribution < 1.29 is 9.13 Å². The summed E-state index contributed by atoms with van der Waals surface area (Å²) in [5.74, 6) is 1.05. The van der Waals surface area contributed by atoms with Crippen LogP contribution < -0.4 is 15.0 Å². The normalized spacial score (nSPS) is 16.6. The topological polar surface area (TPSA) is 40.3 Å². The summed E-state index contributed by atoms with van der Waals surface area (Å²) >= 11 is 0. The van der Waals surface area contributed by atoms with Crippen molar-refractivity contribution in [3.8, 4) is 5.75 Å². The van der Waals surface area contributed by atoms with Crippen LogP contribution in [0.25, 0.3) is 10.9 Å². The van der Waals surface area contributed by atoms with Gasteiger partial charge in [0.25, 0.3) is 0 Å². The van der Waals surface area contributed by atoms with Gasteiger partial charge < -0.3 is 19.9 Å². The van der Waals surface area contributed by atoms with Crippen LogP contribution in [0.1, 0.15) is 24.8 Å². The van der Waals surface area contributed by atoms with Crippen LogP contribution in [0.15, 0.2) is 79.0 Å². The highest BCUT2D eigenvalue weighted by Gasteiger charge is 2.26. The molecule has 1 aliphatic rings. The molecule has 5 rings (SSSR count). The molecular weight excluding hydrogens is 401 g/mol. The molecule has 2 N–H and O–H groups in total. The van der Waals surface area contributed by atoms with Crippen LogP contribution in [-0.4, -0.2) is 30.7 Å². The maximum atomic E-state index is 13.7. The van der Waals surface area contributed by atoms with E-state index in [-0.39, 0.29) is 11.9 Å². The van der Waals surface area contributed by atoms with Gasteiger partial charge in [-0.2, -0.15) is 0 Å². The molecule has 2 unspecified atom stereocenters. The Morgan fingerprint density at radius 2 is 1.91 bits per heavy atom. The number of nitrogens with one attached hydrogen (secondary N) is 2. The number of anilines is 2. The van der Waals surface area contributed by atoms with Gasteiger partial charge in [-0.25, -0.2) is 4.39 Å². The number of para-hydroxylation sites is 3. The van der Waals surface area contributed by atoms with Gasteiger partial charge in [-0.3, -0.25) is 0 Å². The number of rotatable bonds is 7. The highest BCUT2D eigenvalue weighted by atomic mass is 19.1. The number of aromatic nitrogens is 1. The Balaban J connectivity index is 1.20. The van der Waals surface area contributed by atoms with Gasteiger partial charge >= 0.3 is 0 Å². The SMILES string of the molecule is CC(CCNCC1CN(c2ccccc2)c2ccccc2O1)c1c[nH]c2ccc(F)cc12. The Hall–Kier alpha value is -3.31. The van der Waals surface area contributed by atoms with Gasteiger partial charge in [0.1, 0.15) is 17.7 Å². The minimum absolute atomic E-state index is 0.0580. The van der Waals surface area contributed by atoms with Crippen LogP contribution in [-0.2, 0) is 0 Å². The van der Waals surface area contributed by atoms with Crippen molar-refractivity contribution >= 4 is 22.3 Å². The first kappa shape index (κ1) is 20.6. The van der Waals surface area contributed by atoms with Crippen molar-refractivity contribution in [2.45, 2.75) is 25.4 Å². The Labute approximate surface area is 188 Å². The molecule has 0 spiro atoms. The van der Waals surface area contributed by atoms with Crippen LogP contribution in [0.5, 0.6) is 5.75 Å². The molecule has 0 amide bonds. The lowest BCUT2D eigenvalue weighted by Gasteiger charge is -2.36. The van der Waals surface area contributed by atoms with Gasteiger partial charge in [0.05, 0.1) is 12.2 Å². The van der Waals surface area contributed by atoms with Crippen molar-refractivity contribution in [2.75, 3.05) is 24.5 Å². The van der Waals surface area contributed by atoms with Gasteiger partial charge in [-0.05, 0) is 66.9 Å². The standard InChI is InChI=1S/C27H28FN3O/c1-19(24-17-30-25-12-11-20(28)15-23(24)25)13-14-29-16-22-18-31(21-7-3-2-4-8-21)26-9-5-6-10-27(26)32-22/h2-12,15,17,19,22,29-30H,13-14,16,18H2,1H3. The molecule has 4 nitrogen and oxygen atoms in total. The summed E-state index contributed by atoms with van der Waals surface area (Å²) in [5.41, 5.74) is 4.43. The van der Waals surface area contributed by atoms with E-state index in [1.54, 1.807) is 12.1 Å². The second kappa shape index (κ2) is 9.05. The Bertz CT molecular complexity index is 1190. The van der Waals surface area contributed by atoms with Crippen LogP contribution in [0.3, 0.4) is 0 Å². The Morgan fingerprint density at radius 3 is 2.78 bits per heavy atom. The molecule has 1 aliphatic heterocycles.